The highest BCUT2D eigenvalue weighted by Crippen LogP contribution is 2.14. The molecule has 0 saturated carbocycles. The van der Waals surface area contributed by atoms with Crippen LogP contribution in [0.4, 0.5) is 0 Å². The first-order valence-corrected chi connectivity index (χ1v) is 7.29. The van der Waals surface area contributed by atoms with Crippen LogP contribution in [0.1, 0.15) is 16.1 Å². The minimum Gasteiger partial charge on any atom is -0.352 e. The third kappa shape index (κ3) is 2.66. The molecule has 0 unspecified atom stereocenters. The lowest BCUT2D eigenvalue weighted by molar-refractivity contribution is 0.0954. The van der Waals surface area contributed by atoms with Crippen molar-refractivity contribution < 1.29 is 4.79 Å². The van der Waals surface area contributed by atoms with Gasteiger partial charge in [0.25, 0.3) is 5.91 Å². The van der Waals surface area contributed by atoms with E-state index in [2.05, 4.69) is 15.5 Å². The highest BCUT2D eigenvalue weighted by Gasteiger charge is 2.07. The summed E-state index contributed by atoms with van der Waals surface area (Å²) in [5.41, 5.74) is 1.65. The van der Waals surface area contributed by atoms with Crippen molar-refractivity contribution in [3.05, 3.63) is 52.3 Å². The van der Waals surface area contributed by atoms with Crippen molar-refractivity contribution in [1.82, 2.24) is 19.9 Å². The Morgan fingerprint density at radius 2 is 2.35 bits per heavy atom. The van der Waals surface area contributed by atoms with E-state index in [1.807, 2.05) is 9.78 Å². The predicted octanol–water partition coefficient (Wildman–Crippen LogP) is 2.42. The average molecular weight is 307 g/mol. The summed E-state index contributed by atoms with van der Waals surface area (Å²) in [5.74, 6) is -0.122. The van der Waals surface area contributed by atoms with Crippen LogP contribution in [0.15, 0.2) is 36.0 Å². The van der Waals surface area contributed by atoms with Gasteiger partial charge in [0.1, 0.15) is 6.33 Å². The molecule has 0 aliphatic heterocycles. The standard InChI is InChI=1S/C13H11ClN4OS/c14-10-3-1-2-9(6-10)12(19)15-5-4-11-7-20-13-17-16-8-18(11)13/h1-3,6-8H,4-5H2,(H,15,19). The smallest absolute Gasteiger partial charge is 0.251 e. The first kappa shape index (κ1) is 13.1. The number of hydrogen-bond acceptors (Lipinski definition) is 4. The second kappa shape index (κ2) is 5.60. The van der Waals surface area contributed by atoms with Gasteiger partial charge in [0.15, 0.2) is 0 Å². The molecule has 0 fully saturated rings. The van der Waals surface area contributed by atoms with Gasteiger partial charge in [-0.25, -0.2) is 0 Å². The fraction of sp³-hybridized carbons (Fsp3) is 0.154. The lowest BCUT2D eigenvalue weighted by Gasteiger charge is -2.05. The number of amides is 1. The number of hydrogen-bond donors (Lipinski definition) is 1. The van der Waals surface area contributed by atoms with Crippen molar-refractivity contribution in [1.29, 1.82) is 0 Å². The minimum atomic E-state index is -0.122. The molecule has 0 spiro atoms. The van der Waals surface area contributed by atoms with Crippen molar-refractivity contribution in [3.8, 4) is 0 Å². The van der Waals surface area contributed by atoms with Gasteiger partial charge in [0, 0.05) is 34.6 Å². The van der Waals surface area contributed by atoms with Crippen LogP contribution < -0.4 is 5.32 Å². The molecule has 1 aromatic carbocycles. The van der Waals surface area contributed by atoms with Gasteiger partial charge in [-0.15, -0.1) is 21.5 Å². The molecule has 1 amide bonds. The Kier molecular flexibility index (Phi) is 3.66. The van der Waals surface area contributed by atoms with E-state index in [1.165, 1.54) is 11.3 Å². The monoisotopic (exact) mass is 306 g/mol. The Hall–Kier alpha value is -1.92. The summed E-state index contributed by atoms with van der Waals surface area (Å²) in [7, 11) is 0. The number of carbonyl (C=O) groups excluding carboxylic acids is 1. The Morgan fingerprint density at radius 1 is 1.45 bits per heavy atom. The SMILES string of the molecule is O=C(NCCc1csc2nncn12)c1cccc(Cl)c1. The van der Waals surface area contributed by atoms with Gasteiger partial charge >= 0.3 is 0 Å². The molecule has 0 aliphatic carbocycles. The number of rotatable bonds is 4. The number of benzene rings is 1. The van der Waals surface area contributed by atoms with E-state index in [1.54, 1.807) is 30.6 Å². The number of carbonyl (C=O) groups is 1. The van der Waals surface area contributed by atoms with Gasteiger partial charge in [-0.1, -0.05) is 17.7 Å². The van der Waals surface area contributed by atoms with Crippen molar-refractivity contribution in [2.24, 2.45) is 0 Å². The maximum atomic E-state index is 11.9. The molecule has 5 nitrogen and oxygen atoms in total. The molecule has 7 heteroatoms. The van der Waals surface area contributed by atoms with Gasteiger partial charge in [-0.3, -0.25) is 9.20 Å². The van der Waals surface area contributed by atoms with Crippen LogP contribution in [0.2, 0.25) is 5.02 Å². The van der Waals surface area contributed by atoms with Crippen LogP contribution in [0, 0.1) is 0 Å². The Morgan fingerprint density at radius 3 is 3.20 bits per heavy atom. The number of halogens is 1. The average Bonchev–Trinajstić information content (AvgIpc) is 3.03. The van der Waals surface area contributed by atoms with E-state index >= 15 is 0 Å². The summed E-state index contributed by atoms with van der Waals surface area (Å²) >= 11 is 7.40. The summed E-state index contributed by atoms with van der Waals surface area (Å²) in [6.07, 6.45) is 2.41. The highest BCUT2D eigenvalue weighted by molar-refractivity contribution is 7.15. The molecular formula is C13H11ClN4OS. The highest BCUT2D eigenvalue weighted by atomic mass is 35.5. The van der Waals surface area contributed by atoms with Crippen LogP contribution >= 0.6 is 22.9 Å². The van der Waals surface area contributed by atoms with Crippen molar-refractivity contribution in [2.75, 3.05) is 6.54 Å². The number of thiazole rings is 1. The van der Waals surface area contributed by atoms with E-state index in [0.29, 0.717) is 17.1 Å². The first-order chi connectivity index (χ1) is 9.74. The second-order valence-corrected chi connectivity index (χ2v) is 5.50. The fourth-order valence-corrected chi connectivity index (χ4v) is 2.93. The van der Waals surface area contributed by atoms with Crippen LogP contribution in [0.5, 0.6) is 0 Å². The Bertz CT molecular complexity index is 752. The van der Waals surface area contributed by atoms with Gasteiger partial charge in [0.2, 0.25) is 4.96 Å². The third-order valence-corrected chi connectivity index (χ3v) is 3.99. The number of nitrogens with one attached hydrogen (secondary N) is 1. The second-order valence-electron chi connectivity index (χ2n) is 4.23. The summed E-state index contributed by atoms with van der Waals surface area (Å²) in [6.45, 7) is 0.551. The van der Waals surface area contributed by atoms with Crippen molar-refractivity contribution >= 4 is 33.8 Å². The van der Waals surface area contributed by atoms with Crippen molar-refractivity contribution in [2.45, 2.75) is 6.42 Å². The molecule has 1 N–H and O–H groups in total. The zero-order chi connectivity index (χ0) is 13.9. The fourth-order valence-electron chi connectivity index (χ4n) is 1.89. The van der Waals surface area contributed by atoms with Crippen LogP contribution in [-0.2, 0) is 6.42 Å². The zero-order valence-corrected chi connectivity index (χ0v) is 12.0. The number of nitrogens with zero attached hydrogens (tertiary/aromatic N) is 3. The normalized spacial score (nSPS) is 10.8. The Labute approximate surface area is 124 Å². The number of aromatic nitrogens is 3. The van der Waals surface area contributed by atoms with E-state index in [4.69, 9.17) is 11.6 Å². The number of fused-ring (bicyclic) bond motifs is 1. The quantitative estimate of drug-likeness (QED) is 0.805. The maximum absolute atomic E-state index is 11.9. The summed E-state index contributed by atoms with van der Waals surface area (Å²) in [4.78, 5) is 12.8. The summed E-state index contributed by atoms with van der Waals surface area (Å²) in [5, 5.41) is 13.3. The molecule has 20 heavy (non-hydrogen) atoms. The van der Waals surface area contributed by atoms with Crippen LogP contribution in [0.25, 0.3) is 4.96 Å². The van der Waals surface area contributed by atoms with Gasteiger partial charge in [-0.05, 0) is 18.2 Å². The topological polar surface area (TPSA) is 59.3 Å². The van der Waals surface area contributed by atoms with E-state index in [9.17, 15) is 4.79 Å². The van der Waals surface area contributed by atoms with Gasteiger partial charge in [-0.2, -0.15) is 0 Å². The molecular weight excluding hydrogens is 296 g/mol. The molecule has 0 bridgehead atoms. The van der Waals surface area contributed by atoms with E-state index in [0.717, 1.165) is 17.1 Å². The van der Waals surface area contributed by atoms with E-state index < -0.39 is 0 Å². The van der Waals surface area contributed by atoms with Gasteiger partial charge < -0.3 is 5.32 Å². The molecule has 3 aromatic rings. The lowest BCUT2D eigenvalue weighted by atomic mass is 10.2. The molecule has 0 radical (unpaired) electrons. The third-order valence-electron chi connectivity index (χ3n) is 2.88. The molecule has 2 heterocycles. The lowest BCUT2D eigenvalue weighted by Crippen LogP contribution is -2.25. The predicted molar refractivity (Wildman–Crippen MR) is 78.4 cm³/mol. The largest absolute Gasteiger partial charge is 0.352 e. The van der Waals surface area contributed by atoms with Crippen LogP contribution in [-0.4, -0.2) is 27.0 Å². The molecule has 102 valence electrons. The molecule has 0 aliphatic rings. The molecule has 3 rings (SSSR count). The molecule has 0 atom stereocenters. The van der Waals surface area contributed by atoms with Crippen molar-refractivity contribution in [3.63, 3.8) is 0 Å². The molecule has 2 aromatic heterocycles. The maximum Gasteiger partial charge on any atom is 0.251 e. The summed E-state index contributed by atoms with van der Waals surface area (Å²) in [6, 6.07) is 6.90. The molecule has 0 saturated heterocycles. The van der Waals surface area contributed by atoms with Crippen LogP contribution in [0.3, 0.4) is 0 Å². The van der Waals surface area contributed by atoms with E-state index in [-0.39, 0.29) is 5.91 Å². The zero-order valence-electron chi connectivity index (χ0n) is 10.4. The van der Waals surface area contributed by atoms with Gasteiger partial charge in [0.05, 0.1) is 0 Å². The minimum absolute atomic E-state index is 0.122. The summed E-state index contributed by atoms with van der Waals surface area (Å²) < 4.78 is 1.93. The Balaban J connectivity index is 1.60. The first-order valence-electron chi connectivity index (χ1n) is 6.04.